The molecule has 0 amide bonds. The van der Waals surface area contributed by atoms with E-state index in [4.69, 9.17) is 12.2 Å². The van der Waals surface area contributed by atoms with Crippen LogP contribution in [0.3, 0.4) is 0 Å². The fraction of sp³-hybridized carbons (Fsp3) is 0.176. The number of aryl methyl sites for hydroxylation is 1. The van der Waals surface area contributed by atoms with Gasteiger partial charge in [-0.3, -0.25) is 4.79 Å². The van der Waals surface area contributed by atoms with E-state index in [9.17, 15) is 13.6 Å². The molecule has 0 aliphatic heterocycles. The molecule has 2 aromatic carbocycles. The molecule has 2 nitrogen and oxygen atoms in total. The summed E-state index contributed by atoms with van der Waals surface area (Å²) in [6, 6.07) is 8.67. The minimum atomic E-state index is -0.793. The lowest BCUT2D eigenvalue weighted by Crippen LogP contribution is -2.26. The van der Waals surface area contributed by atoms with Crippen LogP contribution in [-0.2, 0) is 4.79 Å². The van der Waals surface area contributed by atoms with Gasteiger partial charge in [-0.2, -0.15) is 0 Å². The van der Waals surface area contributed by atoms with Crippen LogP contribution in [0.4, 0.5) is 14.5 Å². The van der Waals surface area contributed by atoms with Gasteiger partial charge in [0.15, 0.2) is 0 Å². The van der Waals surface area contributed by atoms with Crippen LogP contribution in [0.15, 0.2) is 40.9 Å². The topological polar surface area (TPSA) is 29.1 Å². The molecule has 1 unspecified atom stereocenters. The third-order valence-corrected chi connectivity index (χ3v) is 4.44. The Labute approximate surface area is 147 Å². The van der Waals surface area contributed by atoms with Crippen LogP contribution in [0.2, 0.25) is 0 Å². The van der Waals surface area contributed by atoms with Crippen molar-refractivity contribution in [2.24, 2.45) is 0 Å². The van der Waals surface area contributed by atoms with Crippen molar-refractivity contribution < 1.29 is 13.6 Å². The van der Waals surface area contributed by atoms with E-state index in [0.29, 0.717) is 15.6 Å². The highest BCUT2D eigenvalue weighted by Crippen LogP contribution is 2.29. The minimum Gasteiger partial charge on any atom is -0.347 e. The van der Waals surface area contributed by atoms with Crippen LogP contribution in [0, 0.1) is 18.6 Å². The zero-order valence-corrected chi connectivity index (χ0v) is 14.9. The first-order valence-electron chi connectivity index (χ1n) is 6.82. The van der Waals surface area contributed by atoms with Crippen LogP contribution in [0.25, 0.3) is 0 Å². The van der Waals surface area contributed by atoms with Gasteiger partial charge in [0, 0.05) is 4.47 Å². The number of hydrogen-bond acceptors (Lipinski definition) is 2. The Morgan fingerprint density at radius 2 is 1.96 bits per heavy atom. The van der Waals surface area contributed by atoms with E-state index < -0.39 is 17.6 Å². The molecule has 6 heteroatoms. The van der Waals surface area contributed by atoms with Gasteiger partial charge in [0.1, 0.15) is 17.4 Å². The second kappa shape index (κ2) is 7.27. The predicted molar refractivity (Wildman–Crippen MR) is 94.9 cm³/mol. The van der Waals surface area contributed by atoms with Crippen molar-refractivity contribution in [1.82, 2.24) is 0 Å². The Bertz CT molecular complexity index is 759. The number of ketones is 1. The standard InChI is InChI=1S/C17H14BrF2NOS/c1-9-4-3-5-14(20)16(9)21-17(23)15(10(2)22)12-7-6-11(19)8-13(12)18/h3-8,15H,1-2H3,(H,21,23). The molecule has 0 saturated heterocycles. The van der Waals surface area contributed by atoms with Gasteiger partial charge in [0.05, 0.1) is 16.6 Å². The average molecular weight is 398 g/mol. The third kappa shape index (κ3) is 4.00. The number of benzene rings is 2. The summed E-state index contributed by atoms with van der Waals surface area (Å²) in [7, 11) is 0. The van der Waals surface area contributed by atoms with Crippen molar-refractivity contribution in [3.63, 3.8) is 0 Å². The van der Waals surface area contributed by atoms with E-state index in [1.807, 2.05) is 0 Å². The van der Waals surface area contributed by atoms with Crippen molar-refractivity contribution in [3.8, 4) is 0 Å². The Morgan fingerprint density at radius 3 is 2.52 bits per heavy atom. The molecule has 0 aliphatic carbocycles. The van der Waals surface area contributed by atoms with Gasteiger partial charge < -0.3 is 5.32 Å². The molecule has 0 bridgehead atoms. The molecule has 1 atom stereocenters. The van der Waals surface area contributed by atoms with E-state index >= 15 is 0 Å². The van der Waals surface area contributed by atoms with Gasteiger partial charge >= 0.3 is 0 Å². The molecule has 23 heavy (non-hydrogen) atoms. The summed E-state index contributed by atoms with van der Waals surface area (Å²) < 4.78 is 27.6. The minimum absolute atomic E-state index is 0.165. The van der Waals surface area contributed by atoms with Gasteiger partial charge in [-0.15, -0.1) is 0 Å². The van der Waals surface area contributed by atoms with E-state index in [1.165, 1.54) is 31.2 Å². The summed E-state index contributed by atoms with van der Waals surface area (Å²) in [5.41, 5.74) is 1.44. The maximum absolute atomic E-state index is 13.9. The maximum Gasteiger partial charge on any atom is 0.146 e. The van der Waals surface area contributed by atoms with E-state index in [-0.39, 0.29) is 16.5 Å². The smallest absolute Gasteiger partial charge is 0.146 e. The van der Waals surface area contributed by atoms with Crippen LogP contribution in [0.5, 0.6) is 0 Å². The number of Topliss-reactive ketones (excluding diaryl/α,β-unsaturated/α-hetero) is 1. The SMILES string of the molecule is CC(=O)C(C(=S)Nc1c(C)cccc1F)c1ccc(F)cc1Br. The molecule has 1 N–H and O–H groups in total. The summed E-state index contributed by atoms with van der Waals surface area (Å²) in [5.74, 6) is -1.89. The Kier molecular flexibility index (Phi) is 5.59. The van der Waals surface area contributed by atoms with Gasteiger partial charge in [-0.1, -0.05) is 46.3 Å². The summed E-state index contributed by atoms with van der Waals surface area (Å²) in [6.45, 7) is 3.13. The fourth-order valence-corrected chi connectivity index (χ4v) is 3.24. The zero-order chi connectivity index (χ0) is 17.1. The van der Waals surface area contributed by atoms with Crippen LogP contribution >= 0.6 is 28.1 Å². The van der Waals surface area contributed by atoms with Crippen LogP contribution in [-0.4, -0.2) is 10.8 Å². The summed E-state index contributed by atoms with van der Waals surface area (Å²) in [5, 5.41) is 2.82. The maximum atomic E-state index is 13.9. The molecular weight excluding hydrogens is 384 g/mol. The van der Waals surface area contributed by atoms with Gasteiger partial charge in [0.2, 0.25) is 0 Å². The summed E-state index contributed by atoms with van der Waals surface area (Å²) in [4.78, 5) is 12.2. The van der Waals surface area contributed by atoms with E-state index in [1.54, 1.807) is 19.1 Å². The highest BCUT2D eigenvalue weighted by molar-refractivity contribution is 9.10. The number of carbonyl (C=O) groups excluding carboxylic acids is 1. The van der Waals surface area contributed by atoms with Crippen molar-refractivity contribution in [2.75, 3.05) is 5.32 Å². The van der Waals surface area contributed by atoms with Crippen LogP contribution < -0.4 is 5.32 Å². The first-order chi connectivity index (χ1) is 10.8. The number of hydrogen-bond donors (Lipinski definition) is 1. The first-order valence-corrected chi connectivity index (χ1v) is 8.02. The molecule has 0 aliphatic rings. The summed E-state index contributed by atoms with van der Waals surface area (Å²) in [6.07, 6.45) is 0. The molecule has 0 radical (unpaired) electrons. The predicted octanol–water partition coefficient (Wildman–Crippen LogP) is 5.15. The lowest BCUT2D eigenvalue weighted by molar-refractivity contribution is -0.117. The normalized spacial score (nSPS) is 11.9. The highest BCUT2D eigenvalue weighted by Gasteiger charge is 2.25. The second-order valence-electron chi connectivity index (χ2n) is 5.13. The quantitative estimate of drug-likeness (QED) is 0.723. The Hall–Kier alpha value is -1.66. The summed E-state index contributed by atoms with van der Waals surface area (Å²) >= 11 is 8.56. The Balaban J connectivity index is 2.38. The van der Waals surface area contributed by atoms with Crippen molar-refractivity contribution in [1.29, 1.82) is 0 Å². The molecule has 2 rings (SSSR count). The molecule has 0 heterocycles. The van der Waals surface area contributed by atoms with Crippen molar-refractivity contribution >= 4 is 44.6 Å². The largest absolute Gasteiger partial charge is 0.347 e. The Morgan fingerprint density at radius 1 is 1.26 bits per heavy atom. The number of nitrogens with one attached hydrogen (secondary N) is 1. The molecule has 0 saturated carbocycles. The van der Waals surface area contributed by atoms with Crippen LogP contribution in [0.1, 0.15) is 24.0 Å². The zero-order valence-electron chi connectivity index (χ0n) is 12.5. The number of rotatable bonds is 4. The van der Waals surface area contributed by atoms with Crippen molar-refractivity contribution in [2.45, 2.75) is 19.8 Å². The number of anilines is 1. The highest BCUT2D eigenvalue weighted by atomic mass is 79.9. The number of para-hydroxylation sites is 1. The van der Waals surface area contributed by atoms with Gasteiger partial charge in [-0.25, -0.2) is 8.78 Å². The number of thiocarbonyl (C=S) groups is 1. The number of carbonyl (C=O) groups is 1. The molecule has 0 fully saturated rings. The lowest BCUT2D eigenvalue weighted by Gasteiger charge is -2.20. The molecule has 120 valence electrons. The molecule has 0 aromatic heterocycles. The van der Waals surface area contributed by atoms with Gasteiger partial charge in [0.25, 0.3) is 0 Å². The lowest BCUT2D eigenvalue weighted by atomic mass is 9.95. The monoisotopic (exact) mass is 397 g/mol. The average Bonchev–Trinajstić information content (AvgIpc) is 2.45. The second-order valence-corrected chi connectivity index (χ2v) is 6.42. The van der Waals surface area contributed by atoms with E-state index in [2.05, 4.69) is 21.2 Å². The van der Waals surface area contributed by atoms with Gasteiger partial charge in [-0.05, 0) is 43.2 Å². The molecular formula is C17H14BrF2NOS. The molecule has 2 aromatic rings. The third-order valence-electron chi connectivity index (χ3n) is 3.41. The number of halogens is 3. The van der Waals surface area contributed by atoms with E-state index in [0.717, 1.165) is 0 Å². The molecule has 0 spiro atoms. The first kappa shape index (κ1) is 17.7. The fourth-order valence-electron chi connectivity index (χ4n) is 2.27. The van der Waals surface area contributed by atoms with Crippen molar-refractivity contribution in [3.05, 3.63) is 63.6 Å².